The average Bonchev–Trinajstić information content (AvgIpc) is 3.20. The van der Waals surface area contributed by atoms with Crippen molar-refractivity contribution in [2.24, 2.45) is 0 Å². The van der Waals surface area contributed by atoms with Gasteiger partial charge in [-0.05, 0) is 54.3 Å². The van der Waals surface area contributed by atoms with E-state index in [4.69, 9.17) is 9.72 Å². The second kappa shape index (κ2) is 8.24. The first kappa shape index (κ1) is 19.3. The van der Waals surface area contributed by atoms with Crippen LogP contribution in [0.3, 0.4) is 0 Å². The molecule has 4 aromatic rings. The molecule has 0 bridgehead atoms. The molecule has 5 nitrogen and oxygen atoms in total. The monoisotopic (exact) mass is 422 g/mol. The van der Waals surface area contributed by atoms with Gasteiger partial charge in [-0.1, -0.05) is 30.3 Å². The van der Waals surface area contributed by atoms with E-state index in [1.807, 2.05) is 12.1 Å². The summed E-state index contributed by atoms with van der Waals surface area (Å²) in [6, 6.07) is 23.6. The average molecular weight is 423 g/mol. The number of hydrogen-bond acceptors (Lipinski definition) is 5. The number of hydrogen-bond donors (Lipinski definition) is 1. The van der Waals surface area contributed by atoms with E-state index < -0.39 is 0 Å². The normalized spacial score (nSPS) is 18.2. The Bertz CT molecular complexity index is 1240. The maximum atomic E-state index is 6.30. The zero-order valence-corrected chi connectivity index (χ0v) is 18.0. The third-order valence-electron chi connectivity index (χ3n) is 6.62. The predicted molar refractivity (Wildman–Crippen MR) is 127 cm³/mol. The van der Waals surface area contributed by atoms with Crippen LogP contribution in [0.1, 0.15) is 28.4 Å². The van der Waals surface area contributed by atoms with Crippen molar-refractivity contribution in [2.45, 2.75) is 25.4 Å². The second-order valence-electron chi connectivity index (χ2n) is 8.58. The van der Waals surface area contributed by atoms with Crippen LogP contribution < -0.4 is 15.0 Å². The summed E-state index contributed by atoms with van der Waals surface area (Å²) in [6.07, 6.45) is 3.95. The van der Waals surface area contributed by atoms with Gasteiger partial charge in [-0.25, -0.2) is 9.97 Å². The lowest BCUT2D eigenvalue weighted by Crippen LogP contribution is -2.26. The summed E-state index contributed by atoms with van der Waals surface area (Å²) < 4.78 is 6.30. The minimum atomic E-state index is 0.0324. The fourth-order valence-electron chi connectivity index (χ4n) is 4.76. The summed E-state index contributed by atoms with van der Waals surface area (Å²) in [5.74, 6) is 0.971. The van der Waals surface area contributed by atoms with Crippen molar-refractivity contribution in [3.63, 3.8) is 0 Å². The summed E-state index contributed by atoms with van der Waals surface area (Å²) in [5.41, 5.74) is 7.12. The number of pyridine rings is 2. The van der Waals surface area contributed by atoms with Crippen molar-refractivity contribution < 1.29 is 4.74 Å². The minimum absolute atomic E-state index is 0.0324. The lowest BCUT2D eigenvalue weighted by atomic mass is 10.0. The van der Waals surface area contributed by atoms with E-state index in [1.165, 1.54) is 22.4 Å². The Hall–Kier alpha value is -3.44. The van der Waals surface area contributed by atoms with Crippen LogP contribution in [0.15, 0.2) is 72.9 Å². The first-order chi connectivity index (χ1) is 15.8. The molecule has 1 unspecified atom stereocenters. The Morgan fingerprint density at radius 2 is 1.72 bits per heavy atom. The Morgan fingerprint density at radius 3 is 2.56 bits per heavy atom. The van der Waals surface area contributed by atoms with Crippen LogP contribution in [-0.4, -0.2) is 29.7 Å². The number of anilines is 1. The quantitative estimate of drug-likeness (QED) is 0.517. The minimum Gasteiger partial charge on any atom is -0.491 e. The molecule has 5 heteroatoms. The highest BCUT2D eigenvalue weighted by Gasteiger charge is 2.21. The van der Waals surface area contributed by atoms with E-state index in [-0.39, 0.29) is 6.04 Å². The first-order valence-electron chi connectivity index (χ1n) is 11.4. The topological polar surface area (TPSA) is 50.3 Å². The lowest BCUT2D eigenvalue weighted by Gasteiger charge is -2.23. The summed E-state index contributed by atoms with van der Waals surface area (Å²) in [6.45, 7) is 3.37. The summed E-state index contributed by atoms with van der Waals surface area (Å²) >= 11 is 0. The van der Waals surface area contributed by atoms with E-state index in [9.17, 15) is 0 Å². The largest absolute Gasteiger partial charge is 0.491 e. The van der Waals surface area contributed by atoms with E-state index in [0.717, 1.165) is 55.0 Å². The Kier molecular flexibility index (Phi) is 4.96. The van der Waals surface area contributed by atoms with Gasteiger partial charge in [0.2, 0.25) is 0 Å². The molecule has 1 N–H and O–H groups in total. The van der Waals surface area contributed by atoms with Crippen LogP contribution in [0.5, 0.6) is 5.75 Å². The van der Waals surface area contributed by atoms with Gasteiger partial charge in [0.1, 0.15) is 12.4 Å². The smallest absolute Gasteiger partial charge is 0.159 e. The highest BCUT2D eigenvalue weighted by molar-refractivity contribution is 5.74. The Morgan fingerprint density at radius 1 is 0.875 bits per heavy atom. The molecular formula is C27H26N4O. The SMILES string of the molecule is c1ccc2c(c1)CCN(c1ccc3c(c1)OCC(c1ccc4cccnc4n1)NC3)CC2. The van der Waals surface area contributed by atoms with Crippen LogP contribution in [0.2, 0.25) is 0 Å². The Labute approximate surface area is 188 Å². The fourth-order valence-corrected chi connectivity index (χ4v) is 4.76. The molecule has 0 radical (unpaired) electrons. The van der Waals surface area contributed by atoms with Gasteiger partial charge in [0.05, 0.1) is 11.7 Å². The van der Waals surface area contributed by atoms with E-state index >= 15 is 0 Å². The van der Waals surface area contributed by atoms with Crippen molar-refractivity contribution in [2.75, 3.05) is 24.6 Å². The maximum Gasteiger partial charge on any atom is 0.159 e. The number of fused-ring (bicyclic) bond motifs is 3. The van der Waals surface area contributed by atoms with Crippen LogP contribution >= 0.6 is 0 Å². The van der Waals surface area contributed by atoms with Gasteiger partial charge < -0.3 is 15.0 Å². The standard InChI is InChI=1S/C27H26N4O/c1-2-5-20-12-15-31(14-11-19(20)4-1)23-9-7-22-17-29-25(18-32-26(22)16-23)24-10-8-21-6-3-13-28-27(21)30-24/h1-10,13,16,25,29H,11-12,14-15,17-18H2. The van der Waals surface area contributed by atoms with Gasteiger partial charge in [0.25, 0.3) is 0 Å². The van der Waals surface area contributed by atoms with Gasteiger partial charge in [0, 0.05) is 48.5 Å². The molecule has 160 valence electrons. The molecular weight excluding hydrogens is 396 g/mol. The van der Waals surface area contributed by atoms with Gasteiger partial charge in [-0.15, -0.1) is 0 Å². The number of ether oxygens (including phenoxy) is 1. The third kappa shape index (κ3) is 3.69. The van der Waals surface area contributed by atoms with Crippen molar-refractivity contribution in [3.8, 4) is 5.75 Å². The van der Waals surface area contributed by atoms with Crippen molar-refractivity contribution in [3.05, 3.63) is 95.3 Å². The first-order valence-corrected chi connectivity index (χ1v) is 11.4. The molecule has 2 aromatic carbocycles. The highest BCUT2D eigenvalue weighted by Crippen LogP contribution is 2.31. The van der Waals surface area contributed by atoms with Crippen molar-refractivity contribution in [1.82, 2.24) is 15.3 Å². The molecule has 2 aromatic heterocycles. The molecule has 0 aliphatic carbocycles. The second-order valence-corrected chi connectivity index (χ2v) is 8.58. The van der Waals surface area contributed by atoms with Gasteiger partial charge >= 0.3 is 0 Å². The van der Waals surface area contributed by atoms with Crippen LogP contribution in [0.25, 0.3) is 11.0 Å². The van der Waals surface area contributed by atoms with Gasteiger partial charge in [-0.3, -0.25) is 0 Å². The third-order valence-corrected chi connectivity index (χ3v) is 6.62. The molecule has 0 saturated carbocycles. The van der Waals surface area contributed by atoms with E-state index in [1.54, 1.807) is 6.20 Å². The lowest BCUT2D eigenvalue weighted by molar-refractivity contribution is 0.278. The summed E-state index contributed by atoms with van der Waals surface area (Å²) in [4.78, 5) is 11.6. The Balaban J connectivity index is 1.20. The number of nitrogens with zero attached hydrogens (tertiary/aromatic N) is 3. The van der Waals surface area contributed by atoms with E-state index in [0.29, 0.717) is 6.61 Å². The zero-order chi connectivity index (χ0) is 21.3. The molecule has 0 fully saturated rings. The van der Waals surface area contributed by atoms with Crippen LogP contribution in [0.4, 0.5) is 5.69 Å². The van der Waals surface area contributed by atoms with Gasteiger partial charge in [-0.2, -0.15) is 0 Å². The summed E-state index contributed by atoms with van der Waals surface area (Å²) in [5, 5.41) is 4.66. The molecule has 4 heterocycles. The molecule has 2 aliphatic heterocycles. The fraction of sp³-hybridized carbons (Fsp3) is 0.259. The number of nitrogens with one attached hydrogen (secondary N) is 1. The molecule has 1 atom stereocenters. The molecule has 0 amide bonds. The zero-order valence-electron chi connectivity index (χ0n) is 18.0. The predicted octanol–water partition coefficient (Wildman–Crippen LogP) is 4.46. The highest BCUT2D eigenvalue weighted by atomic mass is 16.5. The van der Waals surface area contributed by atoms with Crippen LogP contribution in [0, 0.1) is 0 Å². The maximum absolute atomic E-state index is 6.30. The van der Waals surface area contributed by atoms with Gasteiger partial charge in [0.15, 0.2) is 5.65 Å². The van der Waals surface area contributed by atoms with Crippen molar-refractivity contribution in [1.29, 1.82) is 0 Å². The van der Waals surface area contributed by atoms with Crippen molar-refractivity contribution >= 4 is 16.7 Å². The number of rotatable bonds is 2. The molecule has 0 spiro atoms. The summed E-state index contributed by atoms with van der Waals surface area (Å²) in [7, 11) is 0. The molecule has 2 aliphatic rings. The molecule has 0 saturated heterocycles. The molecule has 6 rings (SSSR count). The number of aromatic nitrogens is 2. The van der Waals surface area contributed by atoms with Crippen LogP contribution in [-0.2, 0) is 19.4 Å². The van der Waals surface area contributed by atoms with E-state index in [2.05, 4.69) is 69.8 Å². The molecule has 32 heavy (non-hydrogen) atoms. The number of benzene rings is 2.